The van der Waals surface area contributed by atoms with Gasteiger partial charge in [0.2, 0.25) is 0 Å². The molecule has 0 N–H and O–H groups in total. The number of carbonyl (C=O) groups is 1. The molecule has 0 atom stereocenters. The third-order valence-corrected chi connectivity index (χ3v) is 3.36. The molecule has 1 aromatic heterocycles. The molecule has 18 heavy (non-hydrogen) atoms. The first-order valence-electron chi connectivity index (χ1n) is 6.09. The van der Waals surface area contributed by atoms with Crippen LogP contribution in [0.15, 0.2) is 47.4 Å². The van der Waals surface area contributed by atoms with E-state index in [1.165, 1.54) is 6.07 Å². The van der Waals surface area contributed by atoms with Crippen LogP contribution in [0, 0.1) is 0 Å². The predicted molar refractivity (Wildman–Crippen MR) is 68.9 cm³/mol. The SMILES string of the molecule is O=C(c1ccccc1)c1c2n(ccc1=O)CCC2. The smallest absolute Gasteiger partial charge is 0.198 e. The largest absolute Gasteiger partial charge is 0.350 e. The lowest BCUT2D eigenvalue weighted by atomic mass is 10.0. The number of pyridine rings is 1. The van der Waals surface area contributed by atoms with E-state index in [2.05, 4.69) is 0 Å². The lowest BCUT2D eigenvalue weighted by Crippen LogP contribution is -2.20. The highest BCUT2D eigenvalue weighted by Crippen LogP contribution is 2.18. The van der Waals surface area contributed by atoms with E-state index in [0.717, 1.165) is 25.1 Å². The van der Waals surface area contributed by atoms with Crippen LogP contribution in [-0.2, 0) is 13.0 Å². The molecule has 3 nitrogen and oxygen atoms in total. The van der Waals surface area contributed by atoms with Crippen LogP contribution in [0.1, 0.15) is 28.0 Å². The standard InChI is InChI=1S/C15H13NO2/c17-13-8-10-16-9-4-7-12(16)14(13)15(18)11-5-2-1-3-6-11/h1-3,5-6,8,10H,4,7,9H2. The molecule has 1 aliphatic rings. The molecule has 90 valence electrons. The quantitative estimate of drug-likeness (QED) is 0.752. The molecule has 0 fully saturated rings. The number of carbonyl (C=O) groups excluding carboxylic acids is 1. The molecule has 0 amide bonds. The summed E-state index contributed by atoms with van der Waals surface area (Å²) in [5.74, 6) is -0.160. The number of aromatic nitrogens is 1. The van der Waals surface area contributed by atoms with Crippen LogP contribution in [0.5, 0.6) is 0 Å². The number of ketones is 1. The Morgan fingerprint density at radius 3 is 2.67 bits per heavy atom. The van der Waals surface area contributed by atoms with E-state index in [1.54, 1.807) is 18.3 Å². The highest BCUT2D eigenvalue weighted by Gasteiger charge is 2.22. The van der Waals surface area contributed by atoms with Crippen LogP contribution in [0.3, 0.4) is 0 Å². The molecule has 0 saturated heterocycles. The van der Waals surface area contributed by atoms with Crippen molar-refractivity contribution in [3.63, 3.8) is 0 Å². The summed E-state index contributed by atoms with van der Waals surface area (Å²) < 4.78 is 2.01. The van der Waals surface area contributed by atoms with E-state index >= 15 is 0 Å². The Kier molecular flexibility index (Phi) is 2.59. The molecular weight excluding hydrogens is 226 g/mol. The highest BCUT2D eigenvalue weighted by molar-refractivity contribution is 6.09. The van der Waals surface area contributed by atoms with Gasteiger partial charge in [-0.15, -0.1) is 0 Å². The van der Waals surface area contributed by atoms with E-state index in [9.17, 15) is 9.59 Å². The van der Waals surface area contributed by atoms with E-state index < -0.39 is 0 Å². The second-order valence-electron chi connectivity index (χ2n) is 4.49. The fourth-order valence-electron chi connectivity index (χ4n) is 2.49. The Bertz CT molecular complexity index is 656. The van der Waals surface area contributed by atoms with Gasteiger partial charge in [-0.1, -0.05) is 30.3 Å². The summed E-state index contributed by atoms with van der Waals surface area (Å²) in [6, 6.07) is 10.5. The zero-order chi connectivity index (χ0) is 12.5. The van der Waals surface area contributed by atoms with Gasteiger partial charge >= 0.3 is 0 Å². The lowest BCUT2D eigenvalue weighted by Gasteiger charge is -2.08. The van der Waals surface area contributed by atoms with Gasteiger partial charge in [0.15, 0.2) is 11.2 Å². The van der Waals surface area contributed by atoms with Crippen LogP contribution in [0.25, 0.3) is 0 Å². The van der Waals surface area contributed by atoms with E-state index in [4.69, 9.17) is 0 Å². The first-order valence-corrected chi connectivity index (χ1v) is 6.09. The molecular formula is C15H13NO2. The van der Waals surface area contributed by atoms with Crippen molar-refractivity contribution in [2.75, 3.05) is 0 Å². The summed E-state index contributed by atoms with van der Waals surface area (Å²) in [6.45, 7) is 0.894. The number of nitrogens with zero attached hydrogens (tertiary/aromatic N) is 1. The minimum Gasteiger partial charge on any atom is -0.350 e. The number of hydrogen-bond acceptors (Lipinski definition) is 2. The molecule has 2 aromatic rings. The molecule has 0 radical (unpaired) electrons. The van der Waals surface area contributed by atoms with Crippen molar-refractivity contribution in [3.05, 3.63) is 69.6 Å². The van der Waals surface area contributed by atoms with Crippen molar-refractivity contribution in [1.82, 2.24) is 4.57 Å². The zero-order valence-electron chi connectivity index (χ0n) is 9.93. The fraction of sp³-hybridized carbons (Fsp3) is 0.200. The zero-order valence-corrected chi connectivity index (χ0v) is 9.93. The number of aryl methyl sites for hydroxylation is 1. The molecule has 0 bridgehead atoms. The van der Waals surface area contributed by atoms with Crippen LogP contribution in [-0.4, -0.2) is 10.4 Å². The average Bonchev–Trinajstić information content (AvgIpc) is 2.87. The molecule has 0 aliphatic carbocycles. The maximum Gasteiger partial charge on any atom is 0.198 e. The topological polar surface area (TPSA) is 39.1 Å². The van der Waals surface area contributed by atoms with Crippen molar-refractivity contribution in [2.24, 2.45) is 0 Å². The molecule has 0 saturated carbocycles. The minimum atomic E-state index is -0.169. The summed E-state index contributed by atoms with van der Waals surface area (Å²) in [5.41, 5.74) is 1.64. The summed E-state index contributed by atoms with van der Waals surface area (Å²) >= 11 is 0. The van der Waals surface area contributed by atoms with Crippen LogP contribution in [0.2, 0.25) is 0 Å². The Balaban J connectivity index is 2.16. The van der Waals surface area contributed by atoms with Crippen molar-refractivity contribution >= 4 is 5.78 Å². The van der Waals surface area contributed by atoms with Gasteiger partial charge in [0.1, 0.15) is 0 Å². The number of fused-ring (bicyclic) bond motifs is 1. The first-order chi connectivity index (χ1) is 8.77. The van der Waals surface area contributed by atoms with E-state index in [1.807, 2.05) is 22.8 Å². The van der Waals surface area contributed by atoms with Crippen molar-refractivity contribution in [2.45, 2.75) is 19.4 Å². The van der Waals surface area contributed by atoms with Gasteiger partial charge in [-0.3, -0.25) is 9.59 Å². The molecule has 3 heteroatoms. The third-order valence-electron chi connectivity index (χ3n) is 3.36. The van der Waals surface area contributed by atoms with Crippen molar-refractivity contribution in [1.29, 1.82) is 0 Å². The molecule has 0 unspecified atom stereocenters. The van der Waals surface area contributed by atoms with Crippen molar-refractivity contribution in [3.8, 4) is 0 Å². The monoisotopic (exact) mass is 239 g/mol. The molecule has 1 aromatic carbocycles. The fourth-order valence-corrected chi connectivity index (χ4v) is 2.49. The second kappa shape index (κ2) is 4.26. The van der Waals surface area contributed by atoms with Gasteiger partial charge in [0.25, 0.3) is 0 Å². The summed E-state index contributed by atoms with van der Waals surface area (Å²) in [6.07, 6.45) is 3.59. The Hall–Kier alpha value is -2.16. The number of benzene rings is 1. The maximum absolute atomic E-state index is 12.4. The Morgan fingerprint density at radius 1 is 1.11 bits per heavy atom. The summed E-state index contributed by atoms with van der Waals surface area (Å²) in [7, 11) is 0. The van der Waals surface area contributed by atoms with E-state index in [0.29, 0.717) is 11.1 Å². The normalized spacial score (nSPS) is 13.3. The highest BCUT2D eigenvalue weighted by atomic mass is 16.1. The lowest BCUT2D eigenvalue weighted by molar-refractivity contribution is 0.103. The summed E-state index contributed by atoms with van der Waals surface area (Å²) in [5, 5.41) is 0. The van der Waals surface area contributed by atoms with Crippen LogP contribution in [0.4, 0.5) is 0 Å². The first kappa shape index (κ1) is 11.0. The van der Waals surface area contributed by atoms with Gasteiger partial charge in [-0.2, -0.15) is 0 Å². The average molecular weight is 239 g/mol. The molecule has 1 aliphatic heterocycles. The van der Waals surface area contributed by atoms with E-state index in [-0.39, 0.29) is 11.2 Å². The Labute approximate surface area is 105 Å². The molecule has 2 heterocycles. The minimum absolute atomic E-state index is 0.160. The van der Waals surface area contributed by atoms with Gasteiger partial charge in [-0.25, -0.2) is 0 Å². The van der Waals surface area contributed by atoms with Gasteiger partial charge in [-0.05, 0) is 12.8 Å². The van der Waals surface area contributed by atoms with Crippen molar-refractivity contribution < 1.29 is 4.79 Å². The number of hydrogen-bond donors (Lipinski definition) is 0. The maximum atomic E-state index is 12.4. The van der Waals surface area contributed by atoms with Crippen LogP contribution < -0.4 is 5.43 Å². The third kappa shape index (κ3) is 1.68. The molecule has 3 rings (SSSR count). The van der Waals surface area contributed by atoms with Gasteiger partial charge < -0.3 is 4.57 Å². The van der Waals surface area contributed by atoms with Gasteiger partial charge in [0, 0.05) is 30.1 Å². The number of rotatable bonds is 2. The molecule has 0 spiro atoms. The second-order valence-corrected chi connectivity index (χ2v) is 4.49. The van der Waals surface area contributed by atoms with Gasteiger partial charge in [0.05, 0.1) is 5.56 Å². The van der Waals surface area contributed by atoms with Crippen LogP contribution >= 0.6 is 0 Å². The summed E-state index contributed by atoms with van der Waals surface area (Å²) in [4.78, 5) is 24.4. The Morgan fingerprint density at radius 2 is 1.89 bits per heavy atom. The predicted octanol–water partition coefficient (Wildman–Crippen LogP) is 2.03.